The summed E-state index contributed by atoms with van der Waals surface area (Å²) >= 11 is 0. The van der Waals surface area contributed by atoms with E-state index < -0.39 is 6.36 Å². The van der Waals surface area contributed by atoms with Gasteiger partial charge in [-0.25, -0.2) is 4.98 Å². The molecule has 7 heteroatoms. The Bertz CT molecular complexity index is 651. The molecule has 4 nitrogen and oxygen atoms in total. The van der Waals surface area contributed by atoms with Crippen LogP contribution in [-0.4, -0.2) is 33.9 Å². The number of aryl methyl sites for hydroxylation is 1. The van der Waals surface area contributed by atoms with Crippen molar-refractivity contribution in [2.45, 2.75) is 25.2 Å². The maximum atomic E-state index is 12.1. The quantitative estimate of drug-likeness (QED) is 0.864. The fraction of sp³-hybridized carbons (Fsp3) is 0.438. The molecule has 3 rings (SSSR count). The summed E-state index contributed by atoms with van der Waals surface area (Å²) in [6.45, 7) is 2.58. The predicted molar refractivity (Wildman–Crippen MR) is 79.0 cm³/mol. The van der Waals surface area contributed by atoms with Crippen LogP contribution >= 0.6 is 0 Å². The Morgan fingerprint density at radius 2 is 2.00 bits per heavy atom. The average Bonchev–Trinajstić information content (AvgIpc) is 3.08. The number of hydrogen-bond acceptors (Lipinski definition) is 3. The van der Waals surface area contributed by atoms with Gasteiger partial charge < -0.3 is 9.30 Å². The minimum absolute atomic E-state index is 0.187. The highest BCUT2D eigenvalue weighted by molar-refractivity contribution is 5.27. The van der Waals surface area contributed by atoms with E-state index in [1.165, 1.54) is 12.1 Å². The van der Waals surface area contributed by atoms with E-state index in [0.717, 1.165) is 30.9 Å². The van der Waals surface area contributed by atoms with Crippen molar-refractivity contribution in [1.82, 2.24) is 14.5 Å². The smallest absolute Gasteiger partial charge is 0.406 e. The molecule has 1 atom stereocenters. The highest BCUT2D eigenvalue weighted by atomic mass is 19.4. The summed E-state index contributed by atoms with van der Waals surface area (Å²) in [6, 6.07) is 6.06. The summed E-state index contributed by atoms with van der Waals surface area (Å²) in [5.41, 5.74) is 0.972. The number of aromatic nitrogens is 2. The van der Waals surface area contributed by atoms with Gasteiger partial charge in [0, 0.05) is 38.4 Å². The second-order valence-electron chi connectivity index (χ2n) is 5.81. The van der Waals surface area contributed by atoms with Crippen LogP contribution in [0.4, 0.5) is 13.2 Å². The number of imidazole rings is 1. The van der Waals surface area contributed by atoms with Gasteiger partial charge in [0.05, 0.1) is 0 Å². The van der Waals surface area contributed by atoms with Crippen LogP contribution in [0.2, 0.25) is 0 Å². The molecular weight excluding hydrogens is 307 g/mol. The lowest BCUT2D eigenvalue weighted by molar-refractivity contribution is -0.274. The first kappa shape index (κ1) is 15.9. The molecule has 1 aliphatic heterocycles. The molecule has 0 amide bonds. The highest BCUT2D eigenvalue weighted by Crippen LogP contribution is 2.27. The molecule has 1 aromatic carbocycles. The Balaban J connectivity index is 1.57. The third-order valence-electron chi connectivity index (χ3n) is 4.06. The molecule has 0 radical (unpaired) electrons. The molecule has 1 fully saturated rings. The van der Waals surface area contributed by atoms with Crippen molar-refractivity contribution in [2.24, 2.45) is 7.05 Å². The van der Waals surface area contributed by atoms with Crippen molar-refractivity contribution in [1.29, 1.82) is 0 Å². The lowest BCUT2D eigenvalue weighted by Crippen LogP contribution is -2.20. The molecule has 0 N–H and O–H groups in total. The zero-order valence-corrected chi connectivity index (χ0v) is 12.8. The number of ether oxygens (including phenoxy) is 1. The van der Waals surface area contributed by atoms with E-state index in [9.17, 15) is 13.2 Å². The number of benzene rings is 1. The van der Waals surface area contributed by atoms with Crippen molar-refractivity contribution < 1.29 is 17.9 Å². The van der Waals surface area contributed by atoms with Gasteiger partial charge in [0.2, 0.25) is 0 Å². The minimum Gasteiger partial charge on any atom is -0.406 e. The third-order valence-corrected chi connectivity index (χ3v) is 4.06. The molecule has 2 heterocycles. The van der Waals surface area contributed by atoms with Crippen LogP contribution in [0.5, 0.6) is 5.75 Å². The highest BCUT2D eigenvalue weighted by Gasteiger charge is 2.31. The SMILES string of the molecule is Cn1ccnc1[C@@H]1CCN(Cc2ccc(OC(F)(F)F)cc2)C1. The molecular formula is C16H18F3N3O. The van der Waals surface area contributed by atoms with Gasteiger partial charge in [-0.2, -0.15) is 0 Å². The van der Waals surface area contributed by atoms with Crippen molar-refractivity contribution in [3.8, 4) is 5.75 Å². The van der Waals surface area contributed by atoms with E-state index in [-0.39, 0.29) is 5.75 Å². The minimum atomic E-state index is -4.65. The summed E-state index contributed by atoms with van der Waals surface area (Å²) < 4.78 is 42.3. The summed E-state index contributed by atoms with van der Waals surface area (Å²) in [5, 5.41) is 0. The number of nitrogens with zero attached hydrogens (tertiary/aromatic N) is 3. The number of likely N-dealkylation sites (tertiary alicyclic amines) is 1. The van der Waals surface area contributed by atoms with Crippen LogP contribution in [0, 0.1) is 0 Å². The lowest BCUT2D eigenvalue weighted by atomic mass is 10.1. The van der Waals surface area contributed by atoms with Gasteiger partial charge >= 0.3 is 6.36 Å². The number of halogens is 3. The molecule has 2 aromatic rings. The number of hydrogen-bond donors (Lipinski definition) is 0. The Morgan fingerprint density at radius 1 is 1.26 bits per heavy atom. The number of alkyl halides is 3. The number of rotatable bonds is 4. The van der Waals surface area contributed by atoms with Crippen LogP contribution < -0.4 is 4.74 Å². The van der Waals surface area contributed by atoms with Crippen molar-refractivity contribution >= 4 is 0 Å². The second-order valence-corrected chi connectivity index (χ2v) is 5.81. The monoisotopic (exact) mass is 325 g/mol. The van der Waals surface area contributed by atoms with Crippen molar-refractivity contribution in [3.05, 3.63) is 48.0 Å². The second kappa shape index (κ2) is 6.23. The van der Waals surface area contributed by atoms with E-state index >= 15 is 0 Å². The summed E-state index contributed by atoms with van der Waals surface area (Å²) in [7, 11) is 1.99. The van der Waals surface area contributed by atoms with Crippen LogP contribution in [0.3, 0.4) is 0 Å². The first-order valence-corrected chi connectivity index (χ1v) is 7.45. The molecule has 0 aliphatic carbocycles. The Hall–Kier alpha value is -2.02. The Morgan fingerprint density at radius 3 is 2.61 bits per heavy atom. The standard InChI is InChI=1S/C16H18F3N3O/c1-21-9-7-20-15(21)13-6-8-22(11-13)10-12-2-4-14(5-3-12)23-16(17,18)19/h2-5,7,9,13H,6,8,10-11H2,1H3/t13-/m1/s1. The topological polar surface area (TPSA) is 30.3 Å². The predicted octanol–water partition coefficient (Wildman–Crippen LogP) is 3.31. The normalized spacial score (nSPS) is 19.2. The molecule has 0 spiro atoms. The first-order chi connectivity index (χ1) is 10.9. The van der Waals surface area contributed by atoms with Crippen LogP contribution in [0.15, 0.2) is 36.7 Å². The molecule has 1 aliphatic rings. The lowest BCUT2D eigenvalue weighted by Gasteiger charge is -2.16. The van der Waals surface area contributed by atoms with Crippen LogP contribution in [0.25, 0.3) is 0 Å². The molecule has 124 valence electrons. The van der Waals surface area contributed by atoms with Crippen LogP contribution in [-0.2, 0) is 13.6 Å². The van der Waals surface area contributed by atoms with Gasteiger partial charge in [-0.15, -0.1) is 13.2 Å². The van der Waals surface area contributed by atoms with Crippen molar-refractivity contribution in [2.75, 3.05) is 13.1 Å². The molecule has 1 aromatic heterocycles. The summed E-state index contributed by atoms with van der Waals surface area (Å²) in [5.74, 6) is 1.30. The van der Waals surface area contributed by atoms with Gasteiger partial charge in [0.15, 0.2) is 0 Å². The molecule has 0 bridgehead atoms. The van der Waals surface area contributed by atoms with Gasteiger partial charge in [-0.1, -0.05) is 12.1 Å². The zero-order chi connectivity index (χ0) is 16.4. The fourth-order valence-corrected chi connectivity index (χ4v) is 3.01. The largest absolute Gasteiger partial charge is 0.573 e. The fourth-order valence-electron chi connectivity index (χ4n) is 3.01. The van der Waals surface area contributed by atoms with Crippen LogP contribution in [0.1, 0.15) is 23.7 Å². The van der Waals surface area contributed by atoms with E-state index in [1.807, 2.05) is 17.8 Å². The summed E-state index contributed by atoms with van der Waals surface area (Å²) in [4.78, 5) is 6.69. The average molecular weight is 325 g/mol. The molecule has 1 saturated heterocycles. The van der Waals surface area contributed by atoms with E-state index in [1.54, 1.807) is 18.3 Å². The van der Waals surface area contributed by atoms with E-state index in [0.29, 0.717) is 12.5 Å². The molecule has 0 saturated carbocycles. The Kier molecular flexibility index (Phi) is 4.30. The van der Waals surface area contributed by atoms with Gasteiger partial charge in [-0.05, 0) is 30.7 Å². The molecule has 23 heavy (non-hydrogen) atoms. The van der Waals surface area contributed by atoms with Crippen molar-refractivity contribution in [3.63, 3.8) is 0 Å². The van der Waals surface area contributed by atoms with Gasteiger partial charge in [-0.3, -0.25) is 4.90 Å². The maximum Gasteiger partial charge on any atom is 0.573 e. The van der Waals surface area contributed by atoms with E-state index in [2.05, 4.69) is 14.6 Å². The van der Waals surface area contributed by atoms with E-state index in [4.69, 9.17) is 0 Å². The Labute approximate surface area is 132 Å². The van der Waals surface area contributed by atoms with Gasteiger partial charge in [0.1, 0.15) is 11.6 Å². The third kappa shape index (κ3) is 4.04. The first-order valence-electron chi connectivity index (χ1n) is 7.45. The maximum absolute atomic E-state index is 12.1. The zero-order valence-electron chi connectivity index (χ0n) is 12.8. The molecule has 0 unspecified atom stereocenters. The van der Waals surface area contributed by atoms with Gasteiger partial charge in [0.25, 0.3) is 0 Å². The summed E-state index contributed by atoms with van der Waals surface area (Å²) in [6.07, 6.45) is 0.139.